The summed E-state index contributed by atoms with van der Waals surface area (Å²) < 4.78 is 26.2. The Balaban J connectivity index is 2.46. The lowest BCUT2D eigenvalue weighted by molar-refractivity contribution is -0.142. The van der Waals surface area contributed by atoms with Crippen LogP contribution >= 0.6 is 0 Å². The van der Waals surface area contributed by atoms with Gasteiger partial charge in [-0.3, -0.25) is 4.79 Å². The van der Waals surface area contributed by atoms with Crippen molar-refractivity contribution in [1.29, 1.82) is 0 Å². The van der Waals surface area contributed by atoms with E-state index in [1.165, 1.54) is 6.07 Å². The van der Waals surface area contributed by atoms with Crippen LogP contribution < -0.4 is 4.72 Å². The first-order valence-corrected chi connectivity index (χ1v) is 7.29. The van der Waals surface area contributed by atoms with E-state index in [4.69, 9.17) is 0 Å². The number of carboxylic acid groups (broad SMARTS) is 1. The Labute approximate surface area is 106 Å². The van der Waals surface area contributed by atoms with E-state index in [1.54, 1.807) is 18.2 Å². The third kappa shape index (κ3) is 2.13. The molecule has 1 aromatic carbocycles. The van der Waals surface area contributed by atoms with Crippen LogP contribution in [0, 0.1) is 5.92 Å². The number of hydrogen-bond donors (Lipinski definition) is 2. The molecule has 2 unspecified atom stereocenters. The van der Waals surface area contributed by atoms with Crippen molar-refractivity contribution in [3.05, 3.63) is 29.8 Å². The van der Waals surface area contributed by atoms with Crippen molar-refractivity contribution in [2.24, 2.45) is 5.92 Å². The summed E-state index contributed by atoms with van der Waals surface area (Å²) in [7, 11) is -3.56. The van der Waals surface area contributed by atoms with E-state index in [2.05, 4.69) is 4.72 Å². The zero-order chi connectivity index (χ0) is 13.3. The van der Waals surface area contributed by atoms with Gasteiger partial charge in [-0.1, -0.05) is 31.5 Å². The van der Waals surface area contributed by atoms with Gasteiger partial charge in [0.05, 0.1) is 16.9 Å². The summed E-state index contributed by atoms with van der Waals surface area (Å²) in [6.45, 7) is 1.88. The molecule has 1 aliphatic heterocycles. The average molecular weight is 269 g/mol. The standard InChI is InChI=1S/C12H15NO4S/c1-2-5-9(12(14)15)11-8-6-3-4-7-10(8)18(16,17)13-11/h3-4,6-7,9,11,13H,2,5H2,1H3,(H,14,15). The lowest BCUT2D eigenvalue weighted by atomic mass is 9.90. The molecule has 0 aliphatic carbocycles. The first kappa shape index (κ1) is 13.0. The summed E-state index contributed by atoms with van der Waals surface area (Å²) in [6, 6.07) is 5.87. The zero-order valence-corrected chi connectivity index (χ0v) is 10.8. The van der Waals surface area contributed by atoms with Crippen LogP contribution in [-0.2, 0) is 14.8 Å². The minimum absolute atomic E-state index is 0.192. The van der Waals surface area contributed by atoms with Crippen LogP contribution in [0.3, 0.4) is 0 Å². The van der Waals surface area contributed by atoms with Gasteiger partial charge >= 0.3 is 5.97 Å². The highest BCUT2D eigenvalue weighted by Crippen LogP contribution is 2.37. The first-order valence-electron chi connectivity index (χ1n) is 5.81. The minimum Gasteiger partial charge on any atom is -0.481 e. The van der Waals surface area contributed by atoms with Gasteiger partial charge in [0.2, 0.25) is 10.0 Å². The second-order valence-electron chi connectivity index (χ2n) is 4.37. The third-order valence-electron chi connectivity index (χ3n) is 3.14. The fourth-order valence-corrected chi connectivity index (χ4v) is 3.83. The van der Waals surface area contributed by atoms with Crippen LogP contribution in [0.15, 0.2) is 29.2 Å². The maximum atomic E-state index is 11.9. The molecule has 2 N–H and O–H groups in total. The number of hydrogen-bond acceptors (Lipinski definition) is 3. The van der Waals surface area contributed by atoms with Crippen LogP contribution in [0.2, 0.25) is 0 Å². The predicted molar refractivity (Wildman–Crippen MR) is 65.5 cm³/mol. The number of carboxylic acids is 1. The Hall–Kier alpha value is -1.40. The van der Waals surface area contributed by atoms with Gasteiger partial charge in [-0.2, -0.15) is 0 Å². The molecule has 0 fully saturated rings. The summed E-state index contributed by atoms with van der Waals surface area (Å²) in [4.78, 5) is 11.5. The molecule has 0 saturated carbocycles. The summed E-state index contributed by atoms with van der Waals surface area (Å²) >= 11 is 0. The number of nitrogens with one attached hydrogen (secondary N) is 1. The molecule has 5 nitrogen and oxygen atoms in total. The SMILES string of the molecule is CCCC(C(=O)O)C1NS(=O)(=O)c2ccccc21. The molecule has 6 heteroatoms. The van der Waals surface area contributed by atoms with Gasteiger partial charge in [0.15, 0.2) is 0 Å². The second kappa shape index (κ2) is 4.70. The van der Waals surface area contributed by atoms with Gasteiger partial charge in [0, 0.05) is 0 Å². The van der Waals surface area contributed by atoms with Crippen molar-refractivity contribution in [1.82, 2.24) is 4.72 Å². The van der Waals surface area contributed by atoms with Crippen molar-refractivity contribution in [2.75, 3.05) is 0 Å². The lowest BCUT2D eigenvalue weighted by Gasteiger charge is -2.18. The molecule has 1 aromatic rings. The van der Waals surface area contributed by atoms with Crippen molar-refractivity contribution < 1.29 is 18.3 Å². The largest absolute Gasteiger partial charge is 0.481 e. The fourth-order valence-electron chi connectivity index (χ4n) is 2.32. The van der Waals surface area contributed by atoms with Gasteiger partial charge in [-0.25, -0.2) is 13.1 Å². The molecule has 2 rings (SSSR count). The highest BCUT2D eigenvalue weighted by molar-refractivity contribution is 7.89. The quantitative estimate of drug-likeness (QED) is 0.868. The molecule has 18 heavy (non-hydrogen) atoms. The normalized spacial score (nSPS) is 22.4. The minimum atomic E-state index is -3.56. The van der Waals surface area contributed by atoms with Crippen LogP contribution in [0.4, 0.5) is 0 Å². The van der Waals surface area contributed by atoms with Gasteiger partial charge in [0.1, 0.15) is 0 Å². The van der Waals surface area contributed by atoms with Crippen molar-refractivity contribution >= 4 is 16.0 Å². The molecule has 1 aliphatic rings. The zero-order valence-electron chi connectivity index (χ0n) is 9.96. The molecule has 0 saturated heterocycles. The topological polar surface area (TPSA) is 83.5 Å². The van der Waals surface area contributed by atoms with E-state index in [1.807, 2.05) is 6.92 Å². The average Bonchev–Trinajstić information content (AvgIpc) is 2.59. The molecule has 0 radical (unpaired) electrons. The molecule has 0 bridgehead atoms. The molecule has 1 heterocycles. The van der Waals surface area contributed by atoms with E-state index in [0.717, 1.165) is 0 Å². The number of sulfonamides is 1. The summed E-state index contributed by atoms with van der Waals surface area (Å²) in [5.74, 6) is -1.70. The molecular formula is C12H15NO4S. The Morgan fingerprint density at radius 2 is 2.11 bits per heavy atom. The van der Waals surface area contributed by atoms with E-state index in [9.17, 15) is 18.3 Å². The number of benzene rings is 1. The second-order valence-corrected chi connectivity index (χ2v) is 6.05. The van der Waals surface area contributed by atoms with Crippen molar-refractivity contribution in [3.63, 3.8) is 0 Å². The number of fused-ring (bicyclic) bond motifs is 1. The maximum absolute atomic E-state index is 11.9. The van der Waals surface area contributed by atoms with E-state index in [-0.39, 0.29) is 4.90 Å². The van der Waals surface area contributed by atoms with E-state index >= 15 is 0 Å². The first-order chi connectivity index (χ1) is 8.47. The van der Waals surface area contributed by atoms with E-state index < -0.39 is 28.0 Å². The summed E-state index contributed by atoms with van der Waals surface area (Å²) in [5, 5.41) is 9.23. The van der Waals surface area contributed by atoms with Crippen LogP contribution in [0.25, 0.3) is 0 Å². The molecular weight excluding hydrogens is 254 g/mol. The Morgan fingerprint density at radius 3 is 2.72 bits per heavy atom. The predicted octanol–water partition coefficient (Wildman–Crippen LogP) is 1.52. The van der Waals surface area contributed by atoms with Gasteiger partial charge in [0.25, 0.3) is 0 Å². The smallest absolute Gasteiger partial charge is 0.308 e. The molecule has 0 aromatic heterocycles. The van der Waals surface area contributed by atoms with Crippen LogP contribution in [-0.4, -0.2) is 19.5 Å². The van der Waals surface area contributed by atoms with Gasteiger partial charge in [-0.05, 0) is 18.1 Å². The summed E-state index contributed by atoms with van der Waals surface area (Å²) in [5.41, 5.74) is 0.554. The van der Waals surface area contributed by atoms with Gasteiger partial charge < -0.3 is 5.11 Å². The molecule has 2 atom stereocenters. The van der Waals surface area contributed by atoms with E-state index in [0.29, 0.717) is 18.4 Å². The highest BCUT2D eigenvalue weighted by atomic mass is 32.2. The number of aliphatic carboxylic acids is 1. The molecule has 98 valence electrons. The van der Waals surface area contributed by atoms with Crippen molar-refractivity contribution in [2.45, 2.75) is 30.7 Å². The number of rotatable bonds is 4. The Kier molecular flexibility index (Phi) is 3.41. The lowest BCUT2D eigenvalue weighted by Crippen LogP contribution is -2.30. The van der Waals surface area contributed by atoms with Gasteiger partial charge in [-0.15, -0.1) is 0 Å². The maximum Gasteiger partial charge on any atom is 0.308 e. The van der Waals surface area contributed by atoms with Crippen LogP contribution in [0.5, 0.6) is 0 Å². The Bertz CT molecular complexity index is 567. The van der Waals surface area contributed by atoms with Crippen LogP contribution in [0.1, 0.15) is 31.4 Å². The van der Waals surface area contributed by atoms with Crippen molar-refractivity contribution in [3.8, 4) is 0 Å². The Morgan fingerprint density at radius 1 is 1.44 bits per heavy atom. The molecule has 0 amide bonds. The third-order valence-corrected chi connectivity index (χ3v) is 4.66. The fraction of sp³-hybridized carbons (Fsp3) is 0.417. The summed E-state index contributed by atoms with van der Waals surface area (Å²) in [6.07, 6.45) is 1.13. The molecule has 0 spiro atoms. The highest BCUT2D eigenvalue weighted by Gasteiger charge is 2.40. The number of carbonyl (C=O) groups is 1. The monoisotopic (exact) mass is 269 g/mol.